The largest absolute Gasteiger partial charge is 0.460 e. The van der Waals surface area contributed by atoms with E-state index < -0.39 is 55.2 Å². The summed E-state index contributed by atoms with van der Waals surface area (Å²) in [6.45, 7) is 8.11. The molecule has 0 spiro atoms. The first-order valence-electron chi connectivity index (χ1n) is 10.3. The van der Waals surface area contributed by atoms with Crippen LogP contribution < -0.4 is 0 Å². The Morgan fingerprint density at radius 2 is 1.18 bits per heavy atom. The normalized spacial score (nSPS) is 16.9. The van der Waals surface area contributed by atoms with Gasteiger partial charge in [0.25, 0.3) is 0 Å². The van der Waals surface area contributed by atoms with Crippen LogP contribution in [0.15, 0.2) is 24.3 Å². The first kappa shape index (κ1) is 31.1. The molecule has 0 saturated carbocycles. The van der Waals surface area contributed by atoms with Gasteiger partial charge in [-0.05, 0) is 20.9 Å². The Hall–Kier alpha value is -1.90. The van der Waals surface area contributed by atoms with Crippen molar-refractivity contribution in [1.82, 2.24) is 4.90 Å². The molecule has 0 aromatic heterocycles. The van der Waals surface area contributed by atoms with Crippen molar-refractivity contribution >= 4 is 11.9 Å². The second kappa shape index (κ2) is 15.9. The molecule has 0 heterocycles. The summed E-state index contributed by atoms with van der Waals surface area (Å²) in [7, 11) is 1.52. The predicted molar refractivity (Wildman–Crippen MR) is 116 cm³/mol. The van der Waals surface area contributed by atoms with Gasteiger partial charge in [0.1, 0.15) is 43.7 Å². The summed E-state index contributed by atoms with van der Waals surface area (Å²) in [6, 6.07) is 0. The van der Waals surface area contributed by atoms with Crippen LogP contribution in [-0.2, 0) is 23.8 Å². The highest BCUT2D eigenvalue weighted by molar-refractivity contribution is 5.87. The second-order valence-electron chi connectivity index (χ2n) is 7.94. The quantitative estimate of drug-likeness (QED) is 0.0940. The SMILES string of the molecule is C=C(C)C(=O)OCC(O)COC[C@@H](O)[C@@H](O)[C@H](O)[C@@H](O)CN(C)CC(O)COC(=O)C(=C)C. The third kappa shape index (κ3) is 13.4. The van der Waals surface area contributed by atoms with Gasteiger partial charge in [0.05, 0.1) is 19.3 Å². The van der Waals surface area contributed by atoms with Gasteiger partial charge in [-0.25, -0.2) is 9.59 Å². The molecule has 192 valence electrons. The summed E-state index contributed by atoms with van der Waals surface area (Å²) < 4.78 is 14.6. The van der Waals surface area contributed by atoms with Crippen LogP contribution in [0.3, 0.4) is 0 Å². The third-order valence-electron chi connectivity index (χ3n) is 4.27. The van der Waals surface area contributed by atoms with Crippen LogP contribution in [0.1, 0.15) is 13.8 Å². The van der Waals surface area contributed by atoms with Crippen molar-refractivity contribution in [2.75, 3.05) is 46.6 Å². The van der Waals surface area contributed by atoms with Crippen molar-refractivity contribution in [3.8, 4) is 0 Å². The molecular weight excluding hydrogens is 442 g/mol. The summed E-state index contributed by atoms with van der Waals surface area (Å²) in [5, 5.41) is 59.7. The maximum atomic E-state index is 11.3. The average Bonchev–Trinajstić information content (AvgIpc) is 2.73. The van der Waals surface area contributed by atoms with Gasteiger partial charge in [-0.15, -0.1) is 0 Å². The fourth-order valence-corrected chi connectivity index (χ4v) is 2.43. The maximum Gasteiger partial charge on any atom is 0.333 e. The molecule has 0 fully saturated rings. The molecule has 0 aliphatic rings. The summed E-state index contributed by atoms with van der Waals surface area (Å²) in [4.78, 5) is 24.0. The van der Waals surface area contributed by atoms with Gasteiger partial charge in [0.15, 0.2) is 0 Å². The molecule has 12 nitrogen and oxygen atoms in total. The van der Waals surface area contributed by atoms with Crippen molar-refractivity contribution in [3.63, 3.8) is 0 Å². The van der Waals surface area contributed by atoms with Gasteiger partial charge in [-0.2, -0.15) is 0 Å². The lowest BCUT2D eigenvalue weighted by Gasteiger charge is -2.29. The van der Waals surface area contributed by atoms with Crippen LogP contribution in [0.2, 0.25) is 0 Å². The lowest BCUT2D eigenvalue weighted by Crippen LogP contribution is -2.50. The number of carbonyl (C=O) groups is 2. The number of hydrogen-bond donors (Lipinski definition) is 6. The first-order chi connectivity index (χ1) is 15.3. The summed E-state index contributed by atoms with van der Waals surface area (Å²) in [6.07, 6.45) is -8.83. The van der Waals surface area contributed by atoms with Crippen LogP contribution in [0.5, 0.6) is 0 Å². The molecule has 0 aliphatic carbocycles. The Balaban J connectivity index is 4.31. The molecule has 0 aromatic carbocycles. The minimum atomic E-state index is -1.77. The highest BCUT2D eigenvalue weighted by Crippen LogP contribution is 2.08. The fraction of sp³-hybridized carbons (Fsp3) is 0.714. The van der Waals surface area contributed by atoms with E-state index in [1.54, 1.807) is 0 Å². The van der Waals surface area contributed by atoms with Crippen LogP contribution in [-0.4, -0.2) is 131 Å². The summed E-state index contributed by atoms with van der Waals surface area (Å²) >= 11 is 0. The third-order valence-corrected chi connectivity index (χ3v) is 4.27. The van der Waals surface area contributed by atoms with E-state index in [4.69, 9.17) is 14.2 Å². The Morgan fingerprint density at radius 1 is 0.727 bits per heavy atom. The smallest absolute Gasteiger partial charge is 0.333 e. The summed E-state index contributed by atoms with van der Waals surface area (Å²) in [5.41, 5.74) is 0.354. The van der Waals surface area contributed by atoms with Crippen molar-refractivity contribution < 1.29 is 54.4 Å². The first-order valence-corrected chi connectivity index (χ1v) is 10.3. The monoisotopic (exact) mass is 479 g/mol. The van der Waals surface area contributed by atoms with Crippen molar-refractivity contribution in [2.24, 2.45) is 0 Å². The van der Waals surface area contributed by atoms with Crippen LogP contribution in [0.25, 0.3) is 0 Å². The predicted octanol–water partition coefficient (Wildman–Crippen LogP) is -2.66. The van der Waals surface area contributed by atoms with E-state index >= 15 is 0 Å². The van der Waals surface area contributed by atoms with Crippen LogP contribution in [0.4, 0.5) is 0 Å². The zero-order valence-electron chi connectivity index (χ0n) is 19.3. The standard InChI is InChI=1S/C21H37NO11/c1-12(2)20(29)32-9-14(23)6-22(5)7-16(25)18(27)19(28)17(26)11-31-8-15(24)10-33-21(30)13(3)4/h14-19,23-28H,1,3,6-11H2,2,4-5H3/t14?,15?,16-,17+,18+,19+/m0/s1. The zero-order chi connectivity index (χ0) is 25.7. The van der Waals surface area contributed by atoms with Crippen molar-refractivity contribution in [3.05, 3.63) is 24.3 Å². The second-order valence-corrected chi connectivity index (χ2v) is 7.94. The minimum absolute atomic E-state index is 0.0111. The molecule has 0 aliphatic heterocycles. The van der Waals surface area contributed by atoms with Gasteiger partial charge in [-0.3, -0.25) is 0 Å². The van der Waals surface area contributed by atoms with Crippen molar-refractivity contribution in [1.29, 1.82) is 0 Å². The number of rotatable bonds is 17. The van der Waals surface area contributed by atoms with Gasteiger partial charge in [0.2, 0.25) is 0 Å². The Bertz CT molecular complexity index is 642. The fourth-order valence-electron chi connectivity index (χ4n) is 2.43. The molecule has 2 unspecified atom stereocenters. The molecule has 0 saturated heterocycles. The van der Waals surface area contributed by atoms with E-state index in [1.165, 1.54) is 25.8 Å². The van der Waals surface area contributed by atoms with E-state index in [-0.39, 0.29) is 44.1 Å². The van der Waals surface area contributed by atoms with Gasteiger partial charge < -0.3 is 49.7 Å². The number of ether oxygens (including phenoxy) is 3. The molecule has 6 atom stereocenters. The maximum absolute atomic E-state index is 11.3. The molecule has 0 rings (SSSR count). The van der Waals surface area contributed by atoms with Gasteiger partial charge >= 0.3 is 11.9 Å². The van der Waals surface area contributed by atoms with Crippen LogP contribution >= 0.6 is 0 Å². The van der Waals surface area contributed by atoms with Crippen molar-refractivity contribution in [2.45, 2.75) is 50.5 Å². The summed E-state index contributed by atoms with van der Waals surface area (Å²) in [5.74, 6) is -1.32. The highest BCUT2D eigenvalue weighted by atomic mass is 16.6. The van der Waals surface area contributed by atoms with Gasteiger partial charge in [0, 0.05) is 24.2 Å². The number of carbonyl (C=O) groups excluding carboxylic acids is 2. The molecule has 0 aromatic rings. The Morgan fingerprint density at radius 3 is 1.67 bits per heavy atom. The number of nitrogens with zero attached hydrogens (tertiary/aromatic N) is 1. The van der Waals surface area contributed by atoms with E-state index in [1.807, 2.05) is 0 Å². The highest BCUT2D eigenvalue weighted by Gasteiger charge is 2.31. The molecule has 0 radical (unpaired) electrons. The average molecular weight is 480 g/mol. The Kier molecular flexibility index (Phi) is 14.9. The van der Waals surface area contributed by atoms with E-state index in [0.717, 1.165) is 0 Å². The molecule has 0 amide bonds. The lowest BCUT2D eigenvalue weighted by atomic mass is 10.0. The van der Waals surface area contributed by atoms with E-state index in [9.17, 15) is 40.2 Å². The zero-order valence-corrected chi connectivity index (χ0v) is 19.3. The lowest BCUT2D eigenvalue weighted by molar-refractivity contribution is -0.146. The number of likely N-dealkylation sites (N-methyl/N-ethyl adjacent to an activating group) is 1. The molecular formula is C21H37NO11. The molecule has 0 bridgehead atoms. The number of hydrogen-bond acceptors (Lipinski definition) is 12. The van der Waals surface area contributed by atoms with Crippen LogP contribution in [0, 0.1) is 0 Å². The van der Waals surface area contributed by atoms with Gasteiger partial charge in [-0.1, -0.05) is 13.2 Å². The topological polar surface area (TPSA) is 186 Å². The number of aliphatic hydroxyl groups is 6. The minimum Gasteiger partial charge on any atom is -0.460 e. The molecule has 6 N–H and O–H groups in total. The van der Waals surface area contributed by atoms with E-state index in [0.29, 0.717) is 0 Å². The molecule has 33 heavy (non-hydrogen) atoms. The Labute approximate surface area is 193 Å². The molecule has 12 heteroatoms. The number of aliphatic hydroxyl groups excluding tert-OH is 6. The van der Waals surface area contributed by atoms with E-state index in [2.05, 4.69) is 13.2 Å². The number of esters is 2.